The highest BCUT2D eigenvalue weighted by Gasteiger charge is 2.33. The molecule has 0 saturated heterocycles. The van der Waals surface area contributed by atoms with E-state index in [1.54, 1.807) is 24.3 Å². The molecule has 1 aromatic rings. The second kappa shape index (κ2) is 6.00. The van der Waals surface area contributed by atoms with Gasteiger partial charge >= 0.3 is 6.18 Å². The maximum Gasteiger partial charge on any atom is 0.390 e. The van der Waals surface area contributed by atoms with Crippen LogP contribution in [0.2, 0.25) is 0 Å². The lowest BCUT2D eigenvalue weighted by atomic mass is 10.1. The van der Waals surface area contributed by atoms with Gasteiger partial charge in [-0.15, -0.1) is 0 Å². The lowest BCUT2D eigenvalue weighted by molar-refractivity contribution is -0.148. The number of hydrogen-bond acceptors (Lipinski definition) is 1. The van der Waals surface area contributed by atoms with Crippen molar-refractivity contribution in [3.8, 4) is 0 Å². The fourth-order valence-corrected chi connectivity index (χ4v) is 1.60. The van der Waals surface area contributed by atoms with Gasteiger partial charge in [0.25, 0.3) is 0 Å². The van der Waals surface area contributed by atoms with Crippen LogP contribution in [0.1, 0.15) is 12.0 Å². The van der Waals surface area contributed by atoms with E-state index in [1.807, 2.05) is 6.07 Å². The van der Waals surface area contributed by atoms with Crippen molar-refractivity contribution in [2.45, 2.75) is 25.2 Å². The lowest BCUT2D eigenvalue weighted by Crippen LogP contribution is -2.36. The van der Waals surface area contributed by atoms with E-state index < -0.39 is 25.3 Å². The summed E-state index contributed by atoms with van der Waals surface area (Å²) < 4.78 is 49.2. The highest BCUT2D eigenvalue weighted by atomic mass is 19.4. The largest absolute Gasteiger partial charge is 0.390 e. The van der Waals surface area contributed by atoms with Crippen LogP contribution in [0.3, 0.4) is 0 Å². The van der Waals surface area contributed by atoms with Crippen LogP contribution in [0, 0.1) is 0 Å². The topological polar surface area (TPSA) is 3.24 Å². The van der Waals surface area contributed by atoms with Crippen LogP contribution in [0.15, 0.2) is 30.3 Å². The molecule has 0 bridgehead atoms. The van der Waals surface area contributed by atoms with Crippen molar-refractivity contribution in [1.82, 2.24) is 4.90 Å². The highest BCUT2D eigenvalue weighted by molar-refractivity contribution is 5.14. The first-order valence-electron chi connectivity index (χ1n) is 5.29. The maximum atomic E-state index is 12.6. The van der Waals surface area contributed by atoms with Gasteiger partial charge in [-0.25, -0.2) is 4.39 Å². The molecule has 0 saturated carbocycles. The van der Waals surface area contributed by atoms with E-state index >= 15 is 0 Å². The molecule has 1 nitrogen and oxygen atoms in total. The Bertz CT molecular complexity index is 323. The van der Waals surface area contributed by atoms with Crippen LogP contribution >= 0.6 is 0 Å². The fraction of sp³-hybridized carbons (Fsp3) is 0.500. The van der Waals surface area contributed by atoms with E-state index in [0.717, 1.165) is 5.56 Å². The van der Waals surface area contributed by atoms with Gasteiger partial charge in [0.1, 0.15) is 6.67 Å². The molecule has 5 heteroatoms. The zero-order valence-corrected chi connectivity index (χ0v) is 9.54. The zero-order valence-electron chi connectivity index (χ0n) is 9.54. The Kier molecular flexibility index (Phi) is 4.93. The third kappa shape index (κ3) is 5.17. The van der Waals surface area contributed by atoms with Crippen molar-refractivity contribution in [2.75, 3.05) is 13.7 Å². The monoisotopic (exact) mass is 249 g/mol. The number of rotatable bonds is 5. The fourth-order valence-electron chi connectivity index (χ4n) is 1.60. The summed E-state index contributed by atoms with van der Waals surface area (Å²) in [7, 11) is 1.50. The van der Waals surface area contributed by atoms with Crippen molar-refractivity contribution < 1.29 is 17.6 Å². The first-order chi connectivity index (χ1) is 7.92. The number of alkyl halides is 4. The summed E-state index contributed by atoms with van der Waals surface area (Å²) >= 11 is 0. The Morgan fingerprint density at radius 2 is 1.76 bits per heavy atom. The van der Waals surface area contributed by atoms with E-state index in [4.69, 9.17) is 0 Å². The third-order valence-corrected chi connectivity index (χ3v) is 2.54. The smallest absolute Gasteiger partial charge is 0.296 e. The molecule has 0 N–H and O–H groups in total. The molecule has 0 fully saturated rings. The molecule has 1 aromatic carbocycles. The molecule has 0 spiro atoms. The molecule has 0 heterocycles. The van der Waals surface area contributed by atoms with Gasteiger partial charge in [0.2, 0.25) is 0 Å². The number of nitrogens with zero attached hydrogens (tertiary/aromatic N) is 1. The number of benzene rings is 1. The van der Waals surface area contributed by atoms with Crippen molar-refractivity contribution in [3.63, 3.8) is 0 Å². The Labute approximate surface area is 98.0 Å². The van der Waals surface area contributed by atoms with E-state index in [1.165, 1.54) is 11.9 Å². The summed E-state index contributed by atoms with van der Waals surface area (Å²) in [5, 5.41) is 0. The molecule has 0 aliphatic heterocycles. The van der Waals surface area contributed by atoms with Gasteiger partial charge in [-0.05, 0) is 12.6 Å². The Morgan fingerprint density at radius 1 is 1.18 bits per heavy atom. The molecule has 1 atom stereocenters. The SMILES string of the molecule is CN(Cc1ccccc1)C(CF)CC(F)(F)F. The van der Waals surface area contributed by atoms with Crippen molar-refractivity contribution in [3.05, 3.63) is 35.9 Å². The summed E-state index contributed by atoms with van der Waals surface area (Å²) in [6.07, 6.45) is -5.45. The van der Waals surface area contributed by atoms with Crippen molar-refractivity contribution in [2.24, 2.45) is 0 Å². The van der Waals surface area contributed by atoms with Gasteiger partial charge in [-0.1, -0.05) is 30.3 Å². The van der Waals surface area contributed by atoms with Gasteiger partial charge in [0.05, 0.1) is 6.42 Å². The van der Waals surface area contributed by atoms with Crippen LogP contribution in [-0.4, -0.2) is 30.8 Å². The first-order valence-corrected chi connectivity index (χ1v) is 5.29. The second-order valence-electron chi connectivity index (χ2n) is 4.03. The molecule has 1 unspecified atom stereocenters. The predicted octanol–water partition coefficient (Wildman–Crippen LogP) is 3.41. The lowest BCUT2D eigenvalue weighted by Gasteiger charge is -2.26. The average molecular weight is 249 g/mol. The molecule has 17 heavy (non-hydrogen) atoms. The molecule has 0 amide bonds. The third-order valence-electron chi connectivity index (χ3n) is 2.54. The van der Waals surface area contributed by atoms with Crippen LogP contribution in [0.25, 0.3) is 0 Å². The second-order valence-corrected chi connectivity index (χ2v) is 4.03. The molecular weight excluding hydrogens is 234 g/mol. The Morgan fingerprint density at radius 3 is 2.24 bits per heavy atom. The van der Waals surface area contributed by atoms with Crippen molar-refractivity contribution in [1.29, 1.82) is 0 Å². The highest BCUT2D eigenvalue weighted by Crippen LogP contribution is 2.24. The standard InChI is InChI=1S/C12H15F4N/c1-17(9-10-5-3-2-4-6-10)11(8-13)7-12(14,15)16/h2-6,11H,7-9H2,1H3. The number of halogens is 4. The summed E-state index contributed by atoms with van der Waals surface area (Å²) in [5.74, 6) is 0. The quantitative estimate of drug-likeness (QED) is 0.723. The molecule has 96 valence electrons. The van der Waals surface area contributed by atoms with Crippen LogP contribution < -0.4 is 0 Å². The van der Waals surface area contributed by atoms with Gasteiger partial charge in [0, 0.05) is 12.6 Å². The molecular formula is C12H15F4N. The Hall–Kier alpha value is -1.10. The minimum Gasteiger partial charge on any atom is -0.296 e. The molecule has 0 radical (unpaired) electrons. The zero-order chi connectivity index (χ0) is 12.9. The normalized spacial score (nSPS) is 14.0. The number of hydrogen-bond donors (Lipinski definition) is 0. The molecule has 0 aliphatic rings. The Balaban J connectivity index is 2.58. The van der Waals surface area contributed by atoms with Gasteiger partial charge in [-0.3, -0.25) is 4.90 Å². The predicted molar refractivity (Wildman–Crippen MR) is 58.3 cm³/mol. The minimum absolute atomic E-state index is 0.311. The van der Waals surface area contributed by atoms with Crippen molar-refractivity contribution >= 4 is 0 Å². The maximum absolute atomic E-state index is 12.6. The summed E-state index contributed by atoms with van der Waals surface area (Å²) in [6.45, 7) is -0.686. The molecule has 0 aromatic heterocycles. The summed E-state index contributed by atoms with van der Waals surface area (Å²) in [4.78, 5) is 1.39. The van der Waals surface area contributed by atoms with Crippen LogP contribution in [0.5, 0.6) is 0 Å². The van der Waals surface area contributed by atoms with Gasteiger partial charge < -0.3 is 0 Å². The summed E-state index contributed by atoms with van der Waals surface area (Å²) in [5.41, 5.74) is 0.871. The van der Waals surface area contributed by atoms with Gasteiger partial charge in [0.15, 0.2) is 0 Å². The minimum atomic E-state index is -4.33. The van der Waals surface area contributed by atoms with Crippen LogP contribution in [-0.2, 0) is 6.54 Å². The van der Waals surface area contributed by atoms with Crippen LogP contribution in [0.4, 0.5) is 17.6 Å². The van der Waals surface area contributed by atoms with E-state index in [2.05, 4.69) is 0 Å². The molecule has 0 aliphatic carbocycles. The van der Waals surface area contributed by atoms with E-state index in [-0.39, 0.29) is 0 Å². The van der Waals surface area contributed by atoms with E-state index in [9.17, 15) is 17.6 Å². The summed E-state index contributed by atoms with van der Waals surface area (Å²) in [6, 6.07) is 7.93. The average Bonchev–Trinajstić information content (AvgIpc) is 2.26. The van der Waals surface area contributed by atoms with E-state index in [0.29, 0.717) is 6.54 Å². The molecule has 1 rings (SSSR count). The van der Waals surface area contributed by atoms with Gasteiger partial charge in [-0.2, -0.15) is 13.2 Å². The first kappa shape index (κ1) is 14.0.